The van der Waals surface area contributed by atoms with E-state index >= 15 is 0 Å². The number of hydrogen-bond donors (Lipinski definition) is 3. The summed E-state index contributed by atoms with van der Waals surface area (Å²) in [5.41, 5.74) is 3.72. The Labute approximate surface area is 216 Å². The van der Waals surface area contributed by atoms with Gasteiger partial charge in [0.2, 0.25) is 5.91 Å². The number of hydrogen-bond acceptors (Lipinski definition) is 6. The fourth-order valence-corrected chi connectivity index (χ4v) is 5.13. The Morgan fingerprint density at radius 1 is 0.919 bits per heavy atom. The number of carboxylic acid groups (broad SMARTS) is 2. The second-order valence-electron chi connectivity index (χ2n) is 9.62. The summed E-state index contributed by atoms with van der Waals surface area (Å²) < 4.78 is 22.5. The van der Waals surface area contributed by atoms with E-state index in [9.17, 15) is 27.9 Å². The van der Waals surface area contributed by atoms with Gasteiger partial charge in [-0.25, -0.2) is 8.42 Å². The topological polar surface area (TPSA) is 149 Å². The second-order valence-corrected chi connectivity index (χ2v) is 11.9. The number of sulfone groups is 1. The number of anilines is 1. The van der Waals surface area contributed by atoms with Crippen molar-refractivity contribution in [2.24, 2.45) is 5.92 Å². The highest BCUT2D eigenvalue weighted by Crippen LogP contribution is 2.39. The predicted molar refractivity (Wildman–Crippen MR) is 138 cm³/mol. The highest BCUT2D eigenvalue weighted by Gasteiger charge is 2.38. The van der Waals surface area contributed by atoms with E-state index in [1.165, 1.54) is 0 Å². The molecule has 200 valence electrons. The molecule has 2 aromatic rings. The first kappa shape index (κ1) is 28.3. The van der Waals surface area contributed by atoms with Crippen LogP contribution in [0.1, 0.15) is 54.8 Å². The third-order valence-electron chi connectivity index (χ3n) is 6.67. The van der Waals surface area contributed by atoms with Crippen LogP contribution >= 0.6 is 0 Å². The summed E-state index contributed by atoms with van der Waals surface area (Å²) in [4.78, 5) is 36.2. The van der Waals surface area contributed by atoms with Gasteiger partial charge in [0.1, 0.15) is 9.84 Å². The van der Waals surface area contributed by atoms with Crippen LogP contribution in [0.25, 0.3) is 0 Å². The first-order chi connectivity index (χ1) is 17.4. The van der Waals surface area contributed by atoms with Crippen LogP contribution in [0.3, 0.4) is 0 Å². The summed E-state index contributed by atoms with van der Waals surface area (Å²) in [7, 11) is -3.10. The number of β-lactam (4-membered cyclic amide) rings is 1. The van der Waals surface area contributed by atoms with Crippen LogP contribution in [0.5, 0.6) is 0 Å². The normalized spacial score (nSPS) is 16.5. The zero-order chi connectivity index (χ0) is 27.2. The van der Waals surface area contributed by atoms with Gasteiger partial charge in [-0.15, -0.1) is 0 Å². The average Bonchev–Trinajstić information content (AvgIpc) is 2.83. The van der Waals surface area contributed by atoms with Crippen LogP contribution in [0, 0.1) is 5.92 Å². The molecule has 1 aliphatic rings. The lowest BCUT2D eigenvalue weighted by atomic mass is 9.91. The van der Waals surface area contributed by atoms with Crippen molar-refractivity contribution in [1.29, 1.82) is 0 Å². The Morgan fingerprint density at radius 2 is 1.49 bits per heavy atom. The van der Waals surface area contributed by atoms with Crippen LogP contribution < -0.4 is 4.90 Å². The number of carbonyl (C=O) groups is 3. The first-order valence-electron chi connectivity index (χ1n) is 12.3. The van der Waals surface area contributed by atoms with Crippen molar-refractivity contribution >= 4 is 33.4 Å². The molecule has 2 unspecified atom stereocenters. The summed E-state index contributed by atoms with van der Waals surface area (Å²) in [5.74, 6) is -4.07. The molecule has 1 aliphatic heterocycles. The molecule has 37 heavy (non-hydrogen) atoms. The fraction of sp³-hybridized carbons (Fsp3) is 0.444. The monoisotopic (exact) mass is 531 g/mol. The van der Waals surface area contributed by atoms with Gasteiger partial charge in [-0.1, -0.05) is 36.4 Å². The lowest BCUT2D eigenvalue weighted by molar-refractivity contribution is -0.154. The third-order valence-corrected chi connectivity index (χ3v) is 7.65. The SMILES string of the molecule is CS(=O)(=O)CCC(O)CCc1ccc(N2C(=O)CC2c2ccc(CCCC(C(=O)O)C(=O)O)cc2)cc1. The maximum atomic E-state index is 12.4. The van der Waals surface area contributed by atoms with E-state index < -0.39 is 33.8 Å². The number of aliphatic carboxylic acids is 2. The molecular weight excluding hydrogens is 498 g/mol. The van der Waals surface area contributed by atoms with E-state index in [1.807, 2.05) is 48.5 Å². The highest BCUT2D eigenvalue weighted by molar-refractivity contribution is 7.90. The summed E-state index contributed by atoms with van der Waals surface area (Å²) in [5, 5.41) is 28.0. The molecule has 1 saturated heterocycles. The van der Waals surface area contributed by atoms with E-state index in [2.05, 4.69) is 0 Å². The van der Waals surface area contributed by atoms with Gasteiger partial charge >= 0.3 is 11.9 Å². The summed E-state index contributed by atoms with van der Waals surface area (Å²) in [6.07, 6.45) is 3.20. The lowest BCUT2D eigenvalue weighted by Crippen LogP contribution is -2.46. The molecule has 0 spiro atoms. The molecule has 1 heterocycles. The molecule has 0 aromatic heterocycles. The molecular formula is C27H33NO8S. The minimum absolute atomic E-state index is 0.0198. The molecule has 2 aromatic carbocycles. The molecule has 10 heteroatoms. The molecule has 3 rings (SSSR count). The van der Waals surface area contributed by atoms with Gasteiger partial charge in [0.25, 0.3) is 0 Å². The smallest absolute Gasteiger partial charge is 0.317 e. The van der Waals surface area contributed by atoms with Crippen LogP contribution in [0.15, 0.2) is 48.5 Å². The standard InChI is InChI=1S/C27H33NO8S/c1-37(35,36)16-15-22(29)14-9-19-7-12-21(13-8-19)28-24(17-25(28)30)20-10-5-18(6-11-20)3-2-4-23(26(31)32)27(33)34/h5-8,10-13,22-24,29H,2-4,9,14-17H2,1H3,(H,31,32)(H,33,34). The highest BCUT2D eigenvalue weighted by atomic mass is 32.2. The van der Waals surface area contributed by atoms with Gasteiger partial charge in [0, 0.05) is 11.9 Å². The predicted octanol–water partition coefficient (Wildman–Crippen LogP) is 3.00. The first-order valence-corrected chi connectivity index (χ1v) is 14.3. The van der Waals surface area contributed by atoms with Crippen molar-refractivity contribution < 1.29 is 38.1 Å². The Balaban J connectivity index is 1.54. The van der Waals surface area contributed by atoms with E-state index in [-0.39, 0.29) is 30.5 Å². The summed E-state index contributed by atoms with van der Waals surface area (Å²) >= 11 is 0. The van der Waals surface area contributed by atoms with Crippen molar-refractivity contribution in [1.82, 2.24) is 0 Å². The van der Waals surface area contributed by atoms with Gasteiger partial charge in [-0.3, -0.25) is 14.4 Å². The minimum Gasteiger partial charge on any atom is -0.481 e. The number of amides is 1. The zero-order valence-corrected chi connectivity index (χ0v) is 21.6. The molecule has 0 radical (unpaired) electrons. The molecule has 9 nitrogen and oxygen atoms in total. The number of rotatable bonds is 14. The number of aliphatic hydroxyl groups is 1. The maximum absolute atomic E-state index is 12.4. The molecule has 2 atom stereocenters. The number of benzene rings is 2. The number of nitrogens with zero attached hydrogens (tertiary/aromatic N) is 1. The molecule has 1 fully saturated rings. The van der Waals surface area contributed by atoms with Crippen molar-refractivity contribution in [2.45, 2.75) is 57.1 Å². The zero-order valence-electron chi connectivity index (χ0n) is 20.7. The van der Waals surface area contributed by atoms with Crippen molar-refractivity contribution in [3.05, 3.63) is 65.2 Å². The quantitative estimate of drug-likeness (QED) is 0.249. The van der Waals surface area contributed by atoms with E-state index in [0.717, 1.165) is 28.6 Å². The Hall–Kier alpha value is -3.24. The van der Waals surface area contributed by atoms with Gasteiger partial charge in [-0.05, 0) is 67.3 Å². The van der Waals surface area contributed by atoms with Gasteiger partial charge in [0.05, 0.1) is 24.3 Å². The fourth-order valence-electron chi connectivity index (χ4n) is 4.43. The molecule has 0 saturated carbocycles. The second kappa shape index (κ2) is 12.3. The van der Waals surface area contributed by atoms with Gasteiger partial charge in [0.15, 0.2) is 5.92 Å². The summed E-state index contributed by atoms with van der Waals surface area (Å²) in [6, 6.07) is 15.2. The van der Waals surface area contributed by atoms with Gasteiger partial charge < -0.3 is 20.2 Å². The van der Waals surface area contributed by atoms with Crippen LogP contribution in [-0.4, -0.2) is 59.7 Å². The van der Waals surface area contributed by atoms with Gasteiger partial charge in [-0.2, -0.15) is 0 Å². The minimum atomic E-state index is -3.10. The number of carboxylic acids is 2. The summed E-state index contributed by atoms with van der Waals surface area (Å²) in [6.45, 7) is 0. The Bertz CT molecular complexity index is 1190. The van der Waals surface area contributed by atoms with Crippen molar-refractivity contribution in [3.63, 3.8) is 0 Å². The van der Waals surface area contributed by atoms with E-state index in [1.54, 1.807) is 4.90 Å². The molecule has 0 aliphatic carbocycles. The Kier molecular flexibility index (Phi) is 9.45. The van der Waals surface area contributed by atoms with Crippen molar-refractivity contribution in [3.8, 4) is 0 Å². The van der Waals surface area contributed by atoms with E-state index in [0.29, 0.717) is 32.1 Å². The van der Waals surface area contributed by atoms with E-state index in [4.69, 9.17) is 10.2 Å². The molecule has 1 amide bonds. The van der Waals surface area contributed by atoms with Crippen LogP contribution in [0.2, 0.25) is 0 Å². The number of aliphatic hydroxyl groups excluding tert-OH is 1. The van der Waals surface area contributed by atoms with Crippen LogP contribution in [0.4, 0.5) is 5.69 Å². The largest absolute Gasteiger partial charge is 0.481 e. The van der Waals surface area contributed by atoms with Crippen LogP contribution in [-0.2, 0) is 37.1 Å². The molecule has 3 N–H and O–H groups in total. The average molecular weight is 532 g/mol. The molecule has 0 bridgehead atoms. The lowest BCUT2D eigenvalue weighted by Gasteiger charge is -2.41. The van der Waals surface area contributed by atoms with Crippen molar-refractivity contribution in [2.75, 3.05) is 16.9 Å². The third kappa shape index (κ3) is 8.13. The Morgan fingerprint density at radius 3 is 2.03 bits per heavy atom. The number of aryl methyl sites for hydroxylation is 2. The maximum Gasteiger partial charge on any atom is 0.317 e. The number of carbonyl (C=O) groups excluding carboxylic acids is 1.